The number of carbonyl (C=O) groups is 2. The molecule has 6 nitrogen and oxygen atoms in total. The van der Waals surface area contributed by atoms with Gasteiger partial charge in [-0.05, 0) is 68.3 Å². The highest BCUT2D eigenvalue weighted by atomic mass is 35.5. The predicted octanol–water partition coefficient (Wildman–Crippen LogP) is 5.39. The van der Waals surface area contributed by atoms with Crippen LogP contribution >= 0.6 is 11.6 Å². The molecule has 3 aromatic rings. The lowest BCUT2D eigenvalue weighted by atomic mass is 10.1. The molecule has 0 aliphatic heterocycles. The number of aryl methyl sites for hydroxylation is 2. The number of nitriles is 1. The first-order valence-corrected chi connectivity index (χ1v) is 10.2. The second-order valence-corrected chi connectivity index (χ2v) is 7.66. The SMILES string of the molecule is COC(=O)c1ccc(-n2c(C)cc(/C=C(/C#N)C(=O)Nc3ccccc3C)c2C)cc1Cl. The highest BCUT2D eigenvalue weighted by molar-refractivity contribution is 6.33. The number of methoxy groups -OCH3 is 1. The predicted molar refractivity (Wildman–Crippen MR) is 125 cm³/mol. The minimum Gasteiger partial charge on any atom is -0.465 e. The van der Waals surface area contributed by atoms with Gasteiger partial charge in [0.15, 0.2) is 0 Å². The van der Waals surface area contributed by atoms with Crippen LogP contribution in [0.25, 0.3) is 11.8 Å². The molecule has 1 N–H and O–H groups in total. The summed E-state index contributed by atoms with van der Waals surface area (Å²) >= 11 is 6.28. The van der Waals surface area contributed by atoms with E-state index >= 15 is 0 Å². The van der Waals surface area contributed by atoms with E-state index in [4.69, 9.17) is 16.3 Å². The number of amides is 1. The molecule has 0 aliphatic rings. The number of benzene rings is 2. The van der Waals surface area contributed by atoms with Crippen molar-refractivity contribution in [2.24, 2.45) is 0 Å². The van der Waals surface area contributed by atoms with E-state index in [1.165, 1.54) is 7.11 Å². The number of ether oxygens (including phenoxy) is 1. The molecule has 1 aromatic heterocycles. The molecule has 0 atom stereocenters. The molecule has 0 unspecified atom stereocenters. The van der Waals surface area contributed by atoms with Gasteiger partial charge in [0.25, 0.3) is 5.91 Å². The van der Waals surface area contributed by atoms with Gasteiger partial charge in [0, 0.05) is 22.8 Å². The van der Waals surface area contributed by atoms with Crippen LogP contribution in [0.3, 0.4) is 0 Å². The number of esters is 1. The Morgan fingerprint density at radius 3 is 2.47 bits per heavy atom. The van der Waals surface area contributed by atoms with Crippen molar-refractivity contribution in [2.75, 3.05) is 12.4 Å². The highest BCUT2D eigenvalue weighted by Crippen LogP contribution is 2.27. The summed E-state index contributed by atoms with van der Waals surface area (Å²) in [4.78, 5) is 24.5. The number of carbonyl (C=O) groups excluding carboxylic acids is 2. The molecule has 0 radical (unpaired) electrons. The second kappa shape index (κ2) is 9.54. The quantitative estimate of drug-likeness (QED) is 0.323. The van der Waals surface area contributed by atoms with Crippen LogP contribution in [0.5, 0.6) is 0 Å². The topological polar surface area (TPSA) is 84.1 Å². The van der Waals surface area contributed by atoms with Crippen molar-refractivity contribution in [3.05, 3.63) is 87.2 Å². The minimum absolute atomic E-state index is 0.00688. The first-order chi connectivity index (χ1) is 15.3. The zero-order valence-electron chi connectivity index (χ0n) is 18.2. The number of hydrogen-bond acceptors (Lipinski definition) is 4. The summed E-state index contributed by atoms with van der Waals surface area (Å²) < 4.78 is 6.67. The minimum atomic E-state index is -0.510. The number of nitrogens with one attached hydrogen (secondary N) is 1. The summed E-state index contributed by atoms with van der Waals surface area (Å²) in [7, 11) is 1.30. The number of hydrogen-bond donors (Lipinski definition) is 1. The number of anilines is 1. The van der Waals surface area contributed by atoms with Crippen molar-refractivity contribution in [1.29, 1.82) is 5.26 Å². The van der Waals surface area contributed by atoms with Crippen molar-refractivity contribution < 1.29 is 14.3 Å². The Morgan fingerprint density at radius 2 is 1.84 bits per heavy atom. The van der Waals surface area contributed by atoms with E-state index in [2.05, 4.69) is 5.32 Å². The summed E-state index contributed by atoms with van der Waals surface area (Å²) in [6, 6.07) is 16.3. The normalized spacial score (nSPS) is 11.1. The van der Waals surface area contributed by atoms with E-state index < -0.39 is 11.9 Å². The summed E-state index contributed by atoms with van der Waals surface area (Å²) in [5.41, 5.74) is 5.01. The number of para-hydroxylation sites is 1. The Labute approximate surface area is 191 Å². The highest BCUT2D eigenvalue weighted by Gasteiger charge is 2.16. The molecule has 0 aliphatic carbocycles. The maximum atomic E-state index is 12.7. The van der Waals surface area contributed by atoms with Gasteiger partial charge in [0.1, 0.15) is 11.6 Å². The number of aromatic nitrogens is 1. The van der Waals surface area contributed by atoms with Crippen LogP contribution in [0.4, 0.5) is 5.69 Å². The number of nitrogens with zero attached hydrogens (tertiary/aromatic N) is 2. The first-order valence-electron chi connectivity index (χ1n) is 9.82. The van der Waals surface area contributed by atoms with Gasteiger partial charge in [0.2, 0.25) is 0 Å². The number of rotatable bonds is 5. The fourth-order valence-corrected chi connectivity index (χ4v) is 3.71. The molecule has 7 heteroatoms. The fourth-order valence-electron chi connectivity index (χ4n) is 3.46. The fraction of sp³-hybridized carbons (Fsp3) is 0.160. The smallest absolute Gasteiger partial charge is 0.339 e. The van der Waals surface area contributed by atoms with Crippen LogP contribution in [0.1, 0.15) is 32.9 Å². The van der Waals surface area contributed by atoms with E-state index in [9.17, 15) is 14.9 Å². The van der Waals surface area contributed by atoms with Crippen molar-refractivity contribution >= 4 is 35.2 Å². The average molecular weight is 448 g/mol. The van der Waals surface area contributed by atoms with Crippen LogP contribution in [0, 0.1) is 32.1 Å². The third-order valence-corrected chi connectivity index (χ3v) is 5.46. The van der Waals surface area contributed by atoms with E-state index in [0.29, 0.717) is 5.69 Å². The summed E-state index contributed by atoms with van der Waals surface area (Å²) in [5, 5.41) is 12.6. The first kappa shape index (κ1) is 22.9. The molecule has 1 amide bonds. The molecule has 1 heterocycles. The maximum Gasteiger partial charge on any atom is 0.339 e. The maximum absolute atomic E-state index is 12.7. The molecule has 0 fully saturated rings. The Bertz CT molecular complexity index is 1280. The molecule has 0 saturated carbocycles. The van der Waals surface area contributed by atoms with Crippen LogP contribution < -0.4 is 5.32 Å². The molecule has 32 heavy (non-hydrogen) atoms. The third kappa shape index (κ3) is 4.58. The Morgan fingerprint density at radius 1 is 1.12 bits per heavy atom. The van der Waals surface area contributed by atoms with Crippen LogP contribution in [-0.4, -0.2) is 23.6 Å². The van der Waals surface area contributed by atoms with Gasteiger partial charge < -0.3 is 14.6 Å². The van der Waals surface area contributed by atoms with E-state index in [-0.39, 0.29) is 16.2 Å². The summed E-state index contributed by atoms with van der Waals surface area (Å²) in [6.07, 6.45) is 1.57. The zero-order chi connectivity index (χ0) is 23.4. The van der Waals surface area contributed by atoms with Gasteiger partial charge in [0.05, 0.1) is 17.7 Å². The van der Waals surface area contributed by atoms with E-state index in [0.717, 1.165) is 28.2 Å². The molecule has 0 bridgehead atoms. The molecular weight excluding hydrogens is 426 g/mol. The lowest BCUT2D eigenvalue weighted by Crippen LogP contribution is -2.14. The van der Waals surface area contributed by atoms with Crippen molar-refractivity contribution in [3.8, 4) is 11.8 Å². The van der Waals surface area contributed by atoms with E-state index in [1.807, 2.05) is 55.7 Å². The van der Waals surface area contributed by atoms with Crippen LogP contribution in [0.2, 0.25) is 5.02 Å². The molecule has 0 saturated heterocycles. The Hall–Kier alpha value is -3.82. The summed E-state index contributed by atoms with van der Waals surface area (Å²) in [5.74, 6) is -0.985. The van der Waals surface area contributed by atoms with Gasteiger partial charge in [-0.15, -0.1) is 0 Å². The van der Waals surface area contributed by atoms with Crippen molar-refractivity contribution in [2.45, 2.75) is 20.8 Å². The summed E-state index contributed by atoms with van der Waals surface area (Å²) in [6.45, 7) is 5.68. The number of halogens is 1. The molecule has 162 valence electrons. The van der Waals surface area contributed by atoms with Gasteiger partial charge in [-0.3, -0.25) is 4.79 Å². The van der Waals surface area contributed by atoms with Crippen molar-refractivity contribution in [1.82, 2.24) is 4.57 Å². The second-order valence-electron chi connectivity index (χ2n) is 7.26. The van der Waals surface area contributed by atoms with Gasteiger partial charge in [-0.25, -0.2) is 4.79 Å². The Kier molecular flexibility index (Phi) is 6.82. The molecule has 0 spiro atoms. The Balaban J connectivity index is 1.96. The van der Waals surface area contributed by atoms with E-state index in [1.54, 1.807) is 30.3 Å². The lowest BCUT2D eigenvalue weighted by Gasteiger charge is -2.12. The average Bonchev–Trinajstić information content (AvgIpc) is 3.05. The van der Waals surface area contributed by atoms with Crippen LogP contribution in [0.15, 0.2) is 54.1 Å². The largest absolute Gasteiger partial charge is 0.465 e. The van der Waals surface area contributed by atoms with Crippen LogP contribution in [-0.2, 0) is 9.53 Å². The monoisotopic (exact) mass is 447 g/mol. The molecular formula is C25H22ClN3O3. The molecule has 3 rings (SSSR count). The zero-order valence-corrected chi connectivity index (χ0v) is 18.9. The van der Waals surface area contributed by atoms with Gasteiger partial charge in [-0.2, -0.15) is 5.26 Å². The van der Waals surface area contributed by atoms with Crippen molar-refractivity contribution in [3.63, 3.8) is 0 Å². The van der Waals surface area contributed by atoms with Gasteiger partial charge >= 0.3 is 5.97 Å². The standard InChI is InChI=1S/C25H22ClN3O3/c1-15-7-5-6-8-23(15)28-24(30)19(14-27)12-18-11-16(2)29(17(18)3)20-9-10-21(22(26)13-20)25(31)32-4/h5-13H,1-4H3,(H,28,30)/b19-12-. The molecule has 2 aromatic carbocycles. The third-order valence-electron chi connectivity index (χ3n) is 5.14. The van der Waals surface area contributed by atoms with Gasteiger partial charge in [-0.1, -0.05) is 29.8 Å². The lowest BCUT2D eigenvalue weighted by molar-refractivity contribution is -0.112.